The van der Waals surface area contributed by atoms with Gasteiger partial charge in [-0.15, -0.1) is 0 Å². The van der Waals surface area contributed by atoms with Gasteiger partial charge in [-0.1, -0.05) is 388 Å². The number of hydrogen-bond donors (Lipinski definition) is 3. The molecule has 0 bridgehead atoms. The van der Waals surface area contributed by atoms with E-state index in [1.165, 1.54) is 250 Å². The highest BCUT2D eigenvalue weighted by molar-refractivity contribution is 7.47. The molecule has 0 aliphatic carbocycles. The van der Waals surface area contributed by atoms with Gasteiger partial charge in [-0.05, 0) is 37.5 Å². The number of rotatable bonds is 82. The largest absolute Gasteiger partial charge is 0.472 e. The summed E-state index contributed by atoms with van der Waals surface area (Å²) in [4.78, 5) is 73.1. The Balaban J connectivity index is 5.24. The second kappa shape index (κ2) is 74.5. The molecule has 17 nitrogen and oxygen atoms in total. The molecule has 0 amide bonds. The van der Waals surface area contributed by atoms with Gasteiger partial charge in [0.1, 0.15) is 19.3 Å². The smallest absolute Gasteiger partial charge is 0.462 e. The Bertz CT molecular complexity index is 1960. The van der Waals surface area contributed by atoms with E-state index in [1.807, 2.05) is 0 Å². The Labute approximate surface area is 626 Å². The van der Waals surface area contributed by atoms with E-state index in [4.69, 9.17) is 37.0 Å². The van der Waals surface area contributed by atoms with Crippen LogP contribution in [0.15, 0.2) is 0 Å². The highest BCUT2D eigenvalue weighted by Crippen LogP contribution is 2.45. The van der Waals surface area contributed by atoms with E-state index < -0.39 is 97.5 Å². The molecule has 0 rings (SSSR count). The van der Waals surface area contributed by atoms with Gasteiger partial charge in [0.05, 0.1) is 26.4 Å². The molecule has 3 unspecified atom stereocenters. The van der Waals surface area contributed by atoms with Crippen LogP contribution in [0, 0.1) is 11.8 Å². The average molecular weight is 1490 g/mol. The lowest BCUT2D eigenvalue weighted by Gasteiger charge is -2.21. The van der Waals surface area contributed by atoms with Gasteiger partial charge < -0.3 is 33.8 Å². The van der Waals surface area contributed by atoms with Crippen molar-refractivity contribution in [2.24, 2.45) is 11.8 Å². The van der Waals surface area contributed by atoms with Gasteiger partial charge >= 0.3 is 39.5 Å². The fourth-order valence-electron chi connectivity index (χ4n) is 12.9. The van der Waals surface area contributed by atoms with Gasteiger partial charge in [0.2, 0.25) is 0 Å². The molecule has 0 aromatic rings. The minimum absolute atomic E-state index is 0.108. The molecule has 102 heavy (non-hydrogen) atoms. The summed E-state index contributed by atoms with van der Waals surface area (Å²) >= 11 is 0. The van der Waals surface area contributed by atoms with E-state index >= 15 is 0 Å². The standard InChI is InChI=1S/C83H162O17P2/c1-7-10-12-14-16-18-20-22-24-26-27-31-34-38-42-46-53-59-65-80(85)93-71-78(99-82(87)67-62-56-48-44-40-36-32-28-29-33-37-41-45-51-57-63-75(4)5)73-97-101(89,90)95-69-77(84)70-96-102(91,92)98-74-79(72-94-81(86)66-60-54-50-49-52-58-64-76(6)9-3)100-83(88)68-61-55-47-43-39-35-30-25-23-21-19-17-15-13-11-8-2/h75-79,84H,7-74H2,1-6H3,(H,89,90)(H,91,92)/t76?,77-,78-,79-/m1/s1. The van der Waals surface area contributed by atoms with Crippen LogP contribution < -0.4 is 0 Å². The summed E-state index contributed by atoms with van der Waals surface area (Å²) in [5, 5.41) is 10.7. The van der Waals surface area contributed by atoms with E-state index in [0.717, 1.165) is 108 Å². The molecule has 0 saturated carbocycles. The maximum absolute atomic E-state index is 13.1. The first-order chi connectivity index (χ1) is 49.4. The van der Waals surface area contributed by atoms with Gasteiger partial charge in [-0.25, -0.2) is 9.13 Å². The summed E-state index contributed by atoms with van der Waals surface area (Å²) in [5.74, 6) is -0.572. The van der Waals surface area contributed by atoms with Crippen LogP contribution in [0.4, 0.5) is 0 Å². The van der Waals surface area contributed by atoms with E-state index in [1.54, 1.807) is 0 Å². The molecular weight excluding hydrogens is 1330 g/mol. The van der Waals surface area contributed by atoms with Crippen LogP contribution in [0.25, 0.3) is 0 Å². The van der Waals surface area contributed by atoms with Crippen molar-refractivity contribution in [1.82, 2.24) is 0 Å². The van der Waals surface area contributed by atoms with Crippen LogP contribution in [0.3, 0.4) is 0 Å². The molecule has 6 atom stereocenters. The number of esters is 4. The zero-order valence-corrected chi connectivity index (χ0v) is 68.7. The van der Waals surface area contributed by atoms with Crippen LogP contribution in [0.2, 0.25) is 0 Å². The number of hydrogen-bond acceptors (Lipinski definition) is 15. The maximum atomic E-state index is 13.1. The lowest BCUT2D eigenvalue weighted by molar-refractivity contribution is -0.161. The number of carbonyl (C=O) groups excluding carboxylic acids is 4. The second-order valence-corrected chi connectivity index (χ2v) is 33.5. The lowest BCUT2D eigenvalue weighted by atomic mass is 10.00. The highest BCUT2D eigenvalue weighted by atomic mass is 31.2. The van der Waals surface area contributed by atoms with Gasteiger partial charge in [-0.2, -0.15) is 0 Å². The van der Waals surface area contributed by atoms with Crippen LogP contribution in [-0.4, -0.2) is 96.7 Å². The molecule has 0 aliphatic heterocycles. The summed E-state index contributed by atoms with van der Waals surface area (Å²) < 4.78 is 68.8. The minimum Gasteiger partial charge on any atom is -0.462 e. The first-order valence-electron chi connectivity index (χ1n) is 43.0. The SMILES string of the molecule is CCCCCCCCCCCCCCCCCCCCC(=O)OC[C@H](COP(=O)(O)OC[C@@H](O)COP(=O)(O)OC[C@@H](COC(=O)CCCCCCCCC(C)CC)OC(=O)CCCCCCCCCCCCCCCCCC)OC(=O)CCCCCCCCCCCCCCCCCC(C)C. The molecule has 0 fully saturated rings. The summed E-state index contributed by atoms with van der Waals surface area (Å²) in [6.07, 6.45) is 65.2. The second-order valence-electron chi connectivity index (χ2n) is 30.6. The lowest BCUT2D eigenvalue weighted by Crippen LogP contribution is -2.30. The fourth-order valence-corrected chi connectivity index (χ4v) is 14.4. The van der Waals surface area contributed by atoms with Gasteiger partial charge in [-0.3, -0.25) is 37.3 Å². The summed E-state index contributed by atoms with van der Waals surface area (Å²) in [7, 11) is -9.92. The average Bonchev–Trinajstić information content (AvgIpc) is 0.928. The van der Waals surface area contributed by atoms with Crippen LogP contribution in [-0.2, 0) is 65.4 Å². The Hall–Kier alpha value is -1.94. The third-order valence-corrected chi connectivity index (χ3v) is 21.7. The number of aliphatic hydroxyl groups is 1. The van der Waals surface area contributed by atoms with Gasteiger partial charge in [0.25, 0.3) is 0 Å². The molecule has 19 heteroatoms. The van der Waals surface area contributed by atoms with Crippen molar-refractivity contribution in [3.05, 3.63) is 0 Å². The van der Waals surface area contributed by atoms with Crippen LogP contribution in [0.5, 0.6) is 0 Å². The van der Waals surface area contributed by atoms with Crippen molar-refractivity contribution in [2.45, 2.75) is 458 Å². The Kier molecular flexibility index (Phi) is 73.1. The van der Waals surface area contributed by atoms with Crippen LogP contribution >= 0.6 is 15.6 Å². The van der Waals surface area contributed by atoms with E-state index in [-0.39, 0.29) is 25.7 Å². The van der Waals surface area contributed by atoms with E-state index in [9.17, 15) is 43.2 Å². The van der Waals surface area contributed by atoms with Crippen molar-refractivity contribution < 1.29 is 80.2 Å². The van der Waals surface area contributed by atoms with Gasteiger partial charge in [0.15, 0.2) is 12.2 Å². The number of phosphoric ester groups is 2. The van der Waals surface area contributed by atoms with Crippen molar-refractivity contribution in [3.63, 3.8) is 0 Å². The first-order valence-corrected chi connectivity index (χ1v) is 46.0. The molecule has 0 heterocycles. The van der Waals surface area contributed by atoms with Crippen LogP contribution in [0.1, 0.15) is 440 Å². The predicted octanol–water partition coefficient (Wildman–Crippen LogP) is 25.1. The number of ether oxygens (including phenoxy) is 4. The van der Waals surface area contributed by atoms with Gasteiger partial charge in [0, 0.05) is 25.7 Å². The van der Waals surface area contributed by atoms with Crippen molar-refractivity contribution in [3.8, 4) is 0 Å². The number of aliphatic hydroxyl groups excluding tert-OH is 1. The first kappa shape index (κ1) is 100. The zero-order chi connectivity index (χ0) is 74.9. The topological polar surface area (TPSA) is 237 Å². The van der Waals surface area contributed by atoms with Crippen molar-refractivity contribution in [2.75, 3.05) is 39.6 Å². The maximum Gasteiger partial charge on any atom is 0.472 e. The highest BCUT2D eigenvalue weighted by Gasteiger charge is 2.30. The summed E-state index contributed by atoms with van der Waals surface area (Å²) in [5.41, 5.74) is 0. The zero-order valence-electron chi connectivity index (χ0n) is 66.9. The third-order valence-electron chi connectivity index (χ3n) is 19.8. The molecule has 0 aromatic heterocycles. The normalized spacial score (nSPS) is 14.1. The molecular formula is C83H162O17P2. The number of phosphoric acid groups is 2. The molecule has 0 aliphatic rings. The van der Waals surface area contributed by atoms with E-state index in [2.05, 4.69) is 41.5 Å². The molecule has 0 aromatic carbocycles. The Morgan fingerprint density at radius 3 is 0.745 bits per heavy atom. The monoisotopic (exact) mass is 1490 g/mol. The molecule has 0 spiro atoms. The summed E-state index contributed by atoms with van der Waals surface area (Å²) in [6.45, 7) is 9.64. The van der Waals surface area contributed by atoms with Crippen molar-refractivity contribution in [1.29, 1.82) is 0 Å². The predicted molar refractivity (Wildman–Crippen MR) is 418 cm³/mol. The minimum atomic E-state index is -4.96. The van der Waals surface area contributed by atoms with Crippen molar-refractivity contribution >= 4 is 39.5 Å². The molecule has 3 N–H and O–H groups in total. The Morgan fingerprint density at radius 2 is 0.500 bits per heavy atom. The Morgan fingerprint density at radius 1 is 0.284 bits per heavy atom. The van der Waals surface area contributed by atoms with E-state index in [0.29, 0.717) is 25.7 Å². The molecule has 606 valence electrons. The number of unbranched alkanes of at least 4 members (excludes halogenated alkanes) is 51. The third kappa shape index (κ3) is 74.9. The summed E-state index contributed by atoms with van der Waals surface area (Å²) in [6, 6.07) is 0. The molecule has 0 radical (unpaired) electrons. The quantitative estimate of drug-likeness (QED) is 0.0222. The molecule has 0 saturated heterocycles. The fraction of sp³-hybridized carbons (Fsp3) is 0.952. The number of carbonyl (C=O) groups is 4.